The van der Waals surface area contributed by atoms with Crippen molar-refractivity contribution in [2.45, 2.75) is 6.92 Å². The van der Waals surface area contributed by atoms with E-state index in [1.54, 1.807) is 25.3 Å². The van der Waals surface area contributed by atoms with Crippen LogP contribution >= 0.6 is 0 Å². The number of rotatable bonds is 3. The number of aromatic nitrogens is 6. The van der Waals surface area contributed by atoms with Gasteiger partial charge in [-0.1, -0.05) is 0 Å². The lowest BCUT2D eigenvalue weighted by molar-refractivity contribution is 0.102. The summed E-state index contributed by atoms with van der Waals surface area (Å²) in [6.07, 6.45) is 6.02. The maximum Gasteiger partial charge on any atom is 0.259 e. The van der Waals surface area contributed by atoms with Gasteiger partial charge >= 0.3 is 0 Å². The van der Waals surface area contributed by atoms with Crippen molar-refractivity contribution in [1.82, 2.24) is 29.9 Å². The zero-order valence-electron chi connectivity index (χ0n) is 10.6. The van der Waals surface area contributed by atoms with E-state index in [1.807, 2.05) is 0 Å². The van der Waals surface area contributed by atoms with E-state index < -0.39 is 0 Å². The lowest BCUT2D eigenvalue weighted by Gasteiger charge is -2.08. The Morgan fingerprint density at radius 2 is 2.35 bits per heavy atom. The molecule has 0 radical (unpaired) electrons. The van der Waals surface area contributed by atoms with Gasteiger partial charge in [0.05, 0.1) is 17.4 Å². The summed E-state index contributed by atoms with van der Waals surface area (Å²) in [5.41, 5.74) is 1.73. The first-order valence-electron chi connectivity index (χ1n) is 5.87. The Labute approximate surface area is 113 Å². The third-order valence-corrected chi connectivity index (χ3v) is 2.75. The molecule has 0 aromatic carbocycles. The van der Waals surface area contributed by atoms with E-state index in [1.165, 1.54) is 23.5 Å². The minimum atomic E-state index is -0.259. The van der Waals surface area contributed by atoms with Gasteiger partial charge in [0, 0.05) is 11.9 Å². The molecule has 3 rings (SSSR count). The Balaban J connectivity index is 1.92. The van der Waals surface area contributed by atoms with E-state index in [0.717, 1.165) is 0 Å². The summed E-state index contributed by atoms with van der Waals surface area (Å²) in [6, 6.07) is 3.48. The molecule has 8 nitrogen and oxygen atoms in total. The number of amides is 1. The molecule has 0 aliphatic rings. The van der Waals surface area contributed by atoms with Gasteiger partial charge < -0.3 is 5.32 Å². The minimum Gasteiger partial charge on any atom is -0.319 e. The van der Waals surface area contributed by atoms with Crippen molar-refractivity contribution in [3.8, 4) is 5.82 Å². The SMILES string of the molecule is Cc1[nH]ncc1C(=O)Nc1cccnc1-n1cncn1. The Kier molecular flexibility index (Phi) is 2.96. The number of aryl methyl sites for hydroxylation is 1. The molecule has 20 heavy (non-hydrogen) atoms. The molecular weight excluding hydrogens is 258 g/mol. The Hall–Kier alpha value is -3.03. The van der Waals surface area contributed by atoms with Crippen LogP contribution < -0.4 is 5.32 Å². The second kappa shape index (κ2) is 4.92. The van der Waals surface area contributed by atoms with Crippen LogP contribution in [0.25, 0.3) is 5.82 Å². The molecule has 0 saturated heterocycles. The zero-order valence-corrected chi connectivity index (χ0v) is 10.6. The van der Waals surface area contributed by atoms with Gasteiger partial charge in [-0.05, 0) is 19.1 Å². The highest BCUT2D eigenvalue weighted by molar-refractivity contribution is 6.05. The van der Waals surface area contributed by atoms with E-state index in [0.29, 0.717) is 22.8 Å². The third kappa shape index (κ3) is 2.14. The van der Waals surface area contributed by atoms with Crippen LogP contribution in [-0.2, 0) is 0 Å². The number of anilines is 1. The molecule has 0 bridgehead atoms. The number of pyridine rings is 1. The fraction of sp³-hybridized carbons (Fsp3) is 0.0833. The number of nitrogens with zero attached hydrogens (tertiary/aromatic N) is 5. The van der Waals surface area contributed by atoms with Gasteiger partial charge in [0.1, 0.15) is 12.7 Å². The predicted octanol–water partition coefficient (Wildman–Crippen LogP) is 0.946. The molecule has 3 aromatic heterocycles. The van der Waals surface area contributed by atoms with Crippen LogP contribution in [0.15, 0.2) is 37.2 Å². The van der Waals surface area contributed by atoms with Gasteiger partial charge in [-0.2, -0.15) is 10.2 Å². The topological polar surface area (TPSA) is 101 Å². The lowest BCUT2D eigenvalue weighted by atomic mass is 10.2. The fourth-order valence-electron chi connectivity index (χ4n) is 1.76. The summed E-state index contributed by atoms with van der Waals surface area (Å²) in [4.78, 5) is 20.2. The molecule has 0 fully saturated rings. The standard InChI is InChI=1S/C12H11N7O/c1-8-9(5-15-18-8)12(20)17-10-3-2-4-14-11(10)19-7-13-6-16-19/h2-7H,1H3,(H,15,18)(H,17,20). The first-order valence-corrected chi connectivity index (χ1v) is 5.87. The van der Waals surface area contributed by atoms with Crippen molar-refractivity contribution in [1.29, 1.82) is 0 Å². The maximum atomic E-state index is 12.2. The zero-order chi connectivity index (χ0) is 13.9. The summed E-state index contributed by atoms with van der Waals surface area (Å²) in [5.74, 6) is 0.241. The summed E-state index contributed by atoms with van der Waals surface area (Å²) in [6.45, 7) is 1.78. The molecule has 0 unspecified atom stereocenters. The van der Waals surface area contributed by atoms with Gasteiger partial charge in [-0.25, -0.2) is 14.6 Å². The number of H-pyrrole nitrogens is 1. The number of nitrogens with one attached hydrogen (secondary N) is 2. The van der Waals surface area contributed by atoms with Crippen LogP contribution in [0.1, 0.15) is 16.1 Å². The Bertz CT molecular complexity index is 732. The van der Waals surface area contributed by atoms with Crippen LogP contribution in [0.4, 0.5) is 5.69 Å². The lowest BCUT2D eigenvalue weighted by Crippen LogP contribution is -2.15. The molecule has 8 heteroatoms. The summed E-state index contributed by atoms with van der Waals surface area (Å²) in [5, 5.41) is 13.4. The van der Waals surface area contributed by atoms with Gasteiger partial charge in [0.15, 0.2) is 5.82 Å². The van der Waals surface area contributed by atoms with Crippen LogP contribution in [0.2, 0.25) is 0 Å². The smallest absolute Gasteiger partial charge is 0.259 e. The Morgan fingerprint density at radius 1 is 1.45 bits per heavy atom. The largest absolute Gasteiger partial charge is 0.319 e. The number of hydrogen-bond donors (Lipinski definition) is 2. The van der Waals surface area contributed by atoms with Crippen LogP contribution in [0.5, 0.6) is 0 Å². The van der Waals surface area contributed by atoms with Crippen LogP contribution in [0, 0.1) is 6.92 Å². The monoisotopic (exact) mass is 269 g/mol. The van der Waals surface area contributed by atoms with Crippen LogP contribution in [0.3, 0.4) is 0 Å². The van der Waals surface area contributed by atoms with E-state index >= 15 is 0 Å². The highest BCUT2D eigenvalue weighted by atomic mass is 16.1. The molecule has 0 atom stereocenters. The van der Waals surface area contributed by atoms with Crippen molar-refractivity contribution >= 4 is 11.6 Å². The predicted molar refractivity (Wildman–Crippen MR) is 70.4 cm³/mol. The first-order chi connectivity index (χ1) is 9.75. The summed E-state index contributed by atoms with van der Waals surface area (Å²) in [7, 11) is 0. The second-order valence-electron chi connectivity index (χ2n) is 4.08. The number of carbonyl (C=O) groups excluding carboxylic acids is 1. The molecule has 0 saturated carbocycles. The Morgan fingerprint density at radius 3 is 3.05 bits per heavy atom. The highest BCUT2D eigenvalue weighted by Gasteiger charge is 2.14. The average molecular weight is 269 g/mol. The minimum absolute atomic E-state index is 0.259. The van der Waals surface area contributed by atoms with E-state index in [9.17, 15) is 4.79 Å². The molecule has 0 spiro atoms. The normalized spacial score (nSPS) is 10.4. The summed E-state index contributed by atoms with van der Waals surface area (Å²) >= 11 is 0. The number of aromatic amines is 1. The highest BCUT2D eigenvalue weighted by Crippen LogP contribution is 2.17. The molecule has 0 aliphatic heterocycles. The van der Waals surface area contributed by atoms with Crippen molar-refractivity contribution < 1.29 is 4.79 Å². The van der Waals surface area contributed by atoms with E-state index in [4.69, 9.17) is 0 Å². The second-order valence-corrected chi connectivity index (χ2v) is 4.08. The quantitative estimate of drug-likeness (QED) is 0.737. The van der Waals surface area contributed by atoms with Gasteiger partial charge in [-0.3, -0.25) is 9.89 Å². The molecular formula is C12H11N7O. The van der Waals surface area contributed by atoms with Crippen molar-refractivity contribution in [3.63, 3.8) is 0 Å². The molecule has 2 N–H and O–H groups in total. The average Bonchev–Trinajstić information content (AvgIpc) is 3.10. The van der Waals surface area contributed by atoms with Crippen molar-refractivity contribution in [3.05, 3.63) is 48.4 Å². The molecule has 3 heterocycles. The van der Waals surface area contributed by atoms with Crippen molar-refractivity contribution in [2.24, 2.45) is 0 Å². The van der Waals surface area contributed by atoms with E-state index in [2.05, 4.69) is 30.6 Å². The third-order valence-electron chi connectivity index (χ3n) is 2.75. The summed E-state index contributed by atoms with van der Waals surface area (Å²) < 4.78 is 1.48. The molecule has 1 amide bonds. The first kappa shape index (κ1) is 12.0. The maximum absolute atomic E-state index is 12.2. The fourth-order valence-corrected chi connectivity index (χ4v) is 1.76. The van der Waals surface area contributed by atoms with Crippen LogP contribution in [-0.4, -0.2) is 35.9 Å². The van der Waals surface area contributed by atoms with Gasteiger partial charge in [0.2, 0.25) is 0 Å². The number of carbonyl (C=O) groups is 1. The van der Waals surface area contributed by atoms with Crippen molar-refractivity contribution in [2.75, 3.05) is 5.32 Å². The van der Waals surface area contributed by atoms with E-state index in [-0.39, 0.29) is 5.91 Å². The molecule has 100 valence electrons. The van der Waals surface area contributed by atoms with Gasteiger partial charge in [0.25, 0.3) is 5.91 Å². The molecule has 0 aliphatic carbocycles. The van der Waals surface area contributed by atoms with Gasteiger partial charge in [-0.15, -0.1) is 0 Å². The number of hydrogen-bond acceptors (Lipinski definition) is 5. The molecule has 3 aromatic rings.